The molecule has 0 bridgehead atoms. The standard InChI is InChI=1S/C31H30N4O3/c1-2-19-6-3-11-29(25(19)17-30(36)37)38-18-27-26-16-20(12-13-28(26)35(34-27)21-7-4-8-21)22-9-5-10-24-23(22)14-15-33-31(24)32/h3,5-6,9-16,21H,2,4,7-8,17-18H2,1H3,(H2,32,33)(H,36,37). The molecular formula is C31H30N4O3. The molecule has 2 aromatic heterocycles. The number of hydrogen-bond donors (Lipinski definition) is 2. The van der Waals surface area contributed by atoms with Crippen LogP contribution in [0.5, 0.6) is 5.75 Å². The number of nitrogens with zero attached hydrogens (tertiary/aromatic N) is 3. The van der Waals surface area contributed by atoms with E-state index in [0.717, 1.165) is 68.9 Å². The van der Waals surface area contributed by atoms with Crippen molar-refractivity contribution in [1.82, 2.24) is 14.8 Å². The zero-order valence-electron chi connectivity index (χ0n) is 21.4. The van der Waals surface area contributed by atoms with Gasteiger partial charge in [-0.05, 0) is 72.0 Å². The fourth-order valence-electron chi connectivity index (χ4n) is 5.45. The van der Waals surface area contributed by atoms with Crippen molar-refractivity contribution in [2.45, 2.75) is 51.7 Å². The summed E-state index contributed by atoms with van der Waals surface area (Å²) in [7, 11) is 0. The zero-order chi connectivity index (χ0) is 26.2. The Morgan fingerprint density at radius 3 is 2.68 bits per heavy atom. The lowest BCUT2D eigenvalue weighted by Gasteiger charge is -2.26. The molecule has 3 aromatic carbocycles. The molecule has 2 heterocycles. The molecule has 1 fully saturated rings. The van der Waals surface area contributed by atoms with E-state index in [0.29, 0.717) is 17.6 Å². The maximum absolute atomic E-state index is 11.6. The van der Waals surface area contributed by atoms with Crippen molar-refractivity contribution in [2.24, 2.45) is 0 Å². The highest BCUT2D eigenvalue weighted by Gasteiger charge is 2.24. The fourth-order valence-corrected chi connectivity index (χ4v) is 5.45. The first-order valence-electron chi connectivity index (χ1n) is 13.1. The summed E-state index contributed by atoms with van der Waals surface area (Å²) >= 11 is 0. The molecule has 0 atom stereocenters. The highest BCUT2D eigenvalue weighted by molar-refractivity contribution is 6.02. The Hall–Kier alpha value is -4.39. The number of carbonyl (C=O) groups is 1. The number of hydrogen-bond acceptors (Lipinski definition) is 5. The maximum atomic E-state index is 11.6. The van der Waals surface area contributed by atoms with Crippen LogP contribution < -0.4 is 10.5 Å². The van der Waals surface area contributed by atoms with Gasteiger partial charge in [-0.2, -0.15) is 5.10 Å². The average Bonchev–Trinajstić information content (AvgIpc) is 3.24. The number of nitrogen functional groups attached to an aromatic ring is 1. The Morgan fingerprint density at radius 1 is 1.08 bits per heavy atom. The van der Waals surface area contributed by atoms with Gasteiger partial charge in [0.2, 0.25) is 0 Å². The Labute approximate surface area is 220 Å². The summed E-state index contributed by atoms with van der Waals surface area (Å²) in [4.78, 5) is 15.8. The van der Waals surface area contributed by atoms with Gasteiger partial charge in [-0.3, -0.25) is 9.48 Å². The van der Waals surface area contributed by atoms with Crippen LogP contribution in [0.2, 0.25) is 0 Å². The van der Waals surface area contributed by atoms with Crippen LogP contribution in [-0.4, -0.2) is 25.8 Å². The summed E-state index contributed by atoms with van der Waals surface area (Å²) in [6.07, 6.45) is 5.87. The molecule has 38 heavy (non-hydrogen) atoms. The molecule has 3 N–H and O–H groups in total. The summed E-state index contributed by atoms with van der Waals surface area (Å²) in [6, 6.07) is 20.7. The molecule has 0 spiro atoms. The number of carboxylic acid groups (broad SMARTS) is 1. The number of nitrogens with two attached hydrogens (primary N) is 1. The van der Waals surface area contributed by atoms with E-state index < -0.39 is 5.97 Å². The van der Waals surface area contributed by atoms with Crippen molar-refractivity contribution in [2.75, 3.05) is 5.73 Å². The molecule has 0 amide bonds. The van der Waals surface area contributed by atoms with Crippen molar-refractivity contribution in [3.8, 4) is 16.9 Å². The predicted octanol–water partition coefficient (Wildman–Crippen LogP) is 6.33. The number of rotatable bonds is 8. The van der Waals surface area contributed by atoms with Gasteiger partial charge in [0.1, 0.15) is 23.9 Å². The third-order valence-electron chi connectivity index (χ3n) is 7.65. The van der Waals surface area contributed by atoms with Gasteiger partial charge in [-0.15, -0.1) is 0 Å². The first-order chi connectivity index (χ1) is 18.5. The molecular weight excluding hydrogens is 476 g/mol. The number of fused-ring (bicyclic) bond motifs is 2. The minimum Gasteiger partial charge on any atom is -0.487 e. The molecule has 6 rings (SSSR count). The topological polar surface area (TPSA) is 103 Å². The van der Waals surface area contributed by atoms with Crippen molar-refractivity contribution in [1.29, 1.82) is 0 Å². The molecule has 0 saturated heterocycles. The van der Waals surface area contributed by atoms with Crippen molar-refractivity contribution in [3.63, 3.8) is 0 Å². The van der Waals surface area contributed by atoms with Gasteiger partial charge in [0, 0.05) is 22.5 Å². The van der Waals surface area contributed by atoms with Crippen molar-refractivity contribution < 1.29 is 14.6 Å². The highest BCUT2D eigenvalue weighted by atomic mass is 16.5. The lowest BCUT2D eigenvalue weighted by molar-refractivity contribution is -0.136. The van der Waals surface area contributed by atoms with Crippen LogP contribution in [-0.2, 0) is 24.2 Å². The molecule has 5 aromatic rings. The Kier molecular flexibility index (Phi) is 6.19. The van der Waals surface area contributed by atoms with Crippen LogP contribution in [0.1, 0.15) is 49.0 Å². The van der Waals surface area contributed by atoms with E-state index >= 15 is 0 Å². The van der Waals surface area contributed by atoms with E-state index in [1.807, 2.05) is 43.3 Å². The largest absolute Gasteiger partial charge is 0.487 e. The van der Waals surface area contributed by atoms with Crippen molar-refractivity contribution in [3.05, 3.63) is 83.7 Å². The SMILES string of the molecule is CCc1cccc(OCc2nn(C3CCC3)c3ccc(-c4cccc5c(N)nccc45)cc23)c1CC(=O)O. The van der Waals surface area contributed by atoms with Gasteiger partial charge in [0.25, 0.3) is 0 Å². The van der Waals surface area contributed by atoms with Crippen LogP contribution >= 0.6 is 0 Å². The quantitative estimate of drug-likeness (QED) is 0.255. The van der Waals surface area contributed by atoms with Crippen molar-refractivity contribution >= 4 is 33.5 Å². The van der Waals surface area contributed by atoms with E-state index in [2.05, 4.69) is 33.9 Å². The number of aliphatic carboxylic acids is 1. The Balaban J connectivity index is 1.42. The molecule has 0 aliphatic heterocycles. The zero-order valence-corrected chi connectivity index (χ0v) is 21.4. The molecule has 0 radical (unpaired) electrons. The van der Waals surface area contributed by atoms with E-state index in [1.165, 1.54) is 6.42 Å². The van der Waals surface area contributed by atoms with E-state index in [4.69, 9.17) is 15.6 Å². The van der Waals surface area contributed by atoms with Crippen LogP contribution in [0.3, 0.4) is 0 Å². The monoisotopic (exact) mass is 506 g/mol. The minimum atomic E-state index is -0.869. The van der Waals surface area contributed by atoms with E-state index in [-0.39, 0.29) is 13.0 Å². The van der Waals surface area contributed by atoms with Gasteiger partial charge in [0.05, 0.1) is 18.0 Å². The predicted molar refractivity (Wildman–Crippen MR) is 149 cm³/mol. The minimum absolute atomic E-state index is 0.0696. The molecule has 1 aliphatic rings. The average molecular weight is 507 g/mol. The molecule has 192 valence electrons. The van der Waals surface area contributed by atoms with Crippen LogP contribution in [0.15, 0.2) is 66.9 Å². The third-order valence-corrected chi connectivity index (χ3v) is 7.65. The summed E-state index contributed by atoms with van der Waals surface area (Å²) in [5, 5.41) is 17.5. The number of ether oxygens (including phenoxy) is 1. The first-order valence-corrected chi connectivity index (χ1v) is 13.1. The lowest BCUT2D eigenvalue weighted by atomic mass is 9.93. The molecule has 7 heteroatoms. The lowest BCUT2D eigenvalue weighted by Crippen LogP contribution is -2.18. The summed E-state index contributed by atoms with van der Waals surface area (Å²) in [5.74, 6) is 0.251. The Morgan fingerprint density at radius 2 is 1.92 bits per heavy atom. The summed E-state index contributed by atoms with van der Waals surface area (Å²) in [6.45, 7) is 2.28. The second-order valence-electron chi connectivity index (χ2n) is 9.91. The van der Waals surface area contributed by atoms with Gasteiger partial charge in [-0.25, -0.2) is 4.98 Å². The van der Waals surface area contributed by atoms with Gasteiger partial charge in [-0.1, -0.05) is 43.3 Å². The van der Waals surface area contributed by atoms with Crippen LogP contribution in [0.25, 0.3) is 32.8 Å². The van der Waals surface area contributed by atoms with Gasteiger partial charge in [0.15, 0.2) is 0 Å². The number of aryl methyl sites for hydroxylation is 1. The number of aromatic nitrogens is 3. The molecule has 1 saturated carbocycles. The van der Waals surface area contributed by atoms with Crippen LogP contribution in [0, 0.1) is 0 Å². The molecule has 0 unspecified atom stereocenters. The normalized spacial score (nSPS) is 13.6. The fraction of sp³-hybridized carbons (Fsp3) is 0.258. The maximum Gasteiger partial charge on any atom is 0.307 e. The van der Waals surface area contributed by atoms with E-state index in [9.17, 15) is 9.90 Å². The smallest absolute Gasteiger partial charge is 0.307 e. The molecule has 7 nitrogen and oxygen atoms in total. The van der Waals surface area contributed by atoms with Gasteiger partial charge < -0.3 is 15.6 Å². The number of anilines is 1. The highest BCUT2D eigenvalue weighted by Crippen LogP contribution is 2.38. The second-order valence-corrected chi connectivity index (χ2v) is 9.91. The number of benzene rings is 3. The second kappa shape index (κ2) is 9.82. The third kappa shape index (κ3) is 4.24. The number of pyridine rings is 1. The Bertz CT molecular complexity index is 1670. The number of carboxylic acids is 1. The molecule has 1 aliphatic carbocycles. The summed E-state index contributed by atoms with van der Waals surface area (Å²) < 4.78 is 8.43. The van der Waals surface area contributed by atoms with Crippen LogP contribution in [0.4, 0.5) is 5.82 Å². The first kappa shape index (κ1) is 24.0. The van der Waals surface area contributed by atoms with E-state index in [1.54, 1.807) is 6.20 Å². The summed E-state index contributed by atoms with van der Waals surface area (Å²) in [5.41, 5.74) is 12.0. The van der Waals surface area contributed by atoms with Gasteiger partial charge >= 0.3 is 5.97 Å².